The fourth-order valence-electron chi connectivity index (χ4n) is 9.06. The maximum absolute atomic E-state index is 4.79. The Morgan fingerprint density at radius 3 is 1.94 bits per heavy atom. The van der Waals surface area contributed by atoms with Crippen molar-refractivity contribution in [1.29, 1.82) is 0 Å². The second-order valence-electron chi connectivity index (χ2n) is 13.9. The van der Waals surface area contributed by atoms with Crippen molar-refractivity contribution in [2.75, 3.05) is 0 Å². The molecule has 12 rings (SSSR count). The van der Waals surface area contributed by atoms with E-state index < -0.39 is 0 Å². The summed E-state index contributed by atoms with van der Waals surface area (Å²) >= 11 is 0. The second-order valence-corrected chi connectivity index (χ2v) is 13.9. The molecule has 3 heterocycles. The van der Waals surface area contributed by atoms with E-state index in [9.17, 15) is 0 Å². The summed E-state index contributed by atoms with van der Waals surface area (Å²) in [4.78, 5) is 4.79. The lowest BCUT2D eigenvalue weighted by molar-refractivity contribution is 1.19. The van der Waals surface area contributed by atoms with Crippen LogP contribution in [0.2, 0.25) is 0 Å². The minimum Gasteiger partial charge on any atom is -0.309 e. The number of rotatable bonds is 3. The molecule has 0 bridgehead atoms. The molecule has 3 aromatic heterocycles. The molecule has 8 aromatic carbocycles. The van der Waals surface area contributed by atoms with Gasteiger partial charge in [-0.05, 0) is 76.7 Å². The van der Waals surface area contributed by atoms with Crippen molar-refractivity contribution in [3.05, 3.63) is 176 Å². The predicted molar refractivity (Wildman–Crippen MR) is 218 cm³/mol. The first-order chi connectivity index (χ1) is 25.8. The van der Waals surface area contributed by atoms with Crippen molar-refractivity contribution >= 4 is 65.2 Å². The fourth-order valence-corrected chi connectivity index (χ4v) is 9.06. The minimum atomic E-state index is 1.07. The third-order valence-electron chi connectivity index (χ3n) is 11.3. The van der Waals surface area contributed by atoms with E-state index >= 15 is 0 Å². The van der Waals surface area contributed by atoms with Crippen LogP contribution in [0, 0.1) is 0 Å². The van der Waals surface area contributed by atoms with Gasteiger partial charge in [0.1, 0.15) is 0 Å². The Labute approximate surface area is 299 Å². The Morgan fingerprint density at radius 1 is 0.385 bits per heavy atom. The molecule has 0 fully saturated rings. The highest BCUT2D eigenvalue weighted by atomic mass is 15.0. The quantitative estimate of drug-likeness (QED) is 0.185. The maximum Gasteiger partial charge on any atom is 0.0786 e. The van der Waals surface area contributed by atoms with Gasteiger partial charge in [0, 0.05) is 60.7 Å². The monoisotopic (exact) mass is 659 g/mol. The summed E-state index contributed by atoms with van der Waals surface area (Å²) in [6, 6.07) is 62.3. The lowest BCUT2D eigenvalue weighted by atomic mass is 10.00. The van der Waals surface area contributed by atoms with Crippen LogP contribution >= 0.6 is 0 Å². The van der Waals surface area contributed by atoms with Crippen molar-refractivity contribution in [1.82, 2.24) is 14.1 Å². The molecule has 0 saturated heterocycles. The van der Waals surface area contributed by atoms with Crippen LogP contribution in [0.25, 0.3) is 110 Å². The molecule has 11 aromatic rings. The molecule has 0 atom stereocenters. The van der Waals surface area contributed by atoms with Crippen molar-refractivity contribution in [2.24, 2.45) is 0 Å². The molecule has 0 spiro atoms. The van der Waals surface area contributed by atoms with Gasteiger partial charge in [0.15, 0.2) is 0 Å². The lowest BCUT2D eigenvalue weighted by Crippen LogP contribution is -1.96. The number of benzene rings is 8. The Kier molecular flexibility index (Phi) is 5.50. The summed E-state index contributed by atoms with van der Waals surface area (Å²) in [5.74, 6) is 0. The highest BCUT2D eigenvalue weighted by Gasteiger charge is 2.25. The average molecular weight is 660 g/mol. The summed E-state index contributed by atoms with van der Waals surface area (Å²) in [5.41, 5.74) is 14.4. The van der Waals surface area contributed by atoms with Crippen LogP contribution in [-0.4, -0.2) is 14.1 Å². The normalized spacial score (nSPS) is 12.2. The van der Waals surface area contributed by atoms with Gasteiger partial charge in [0.05, 0.1) is 33.4 Å². The molecule has 3 heteroatoms. The smallest absolute Gasteiger partial charge is 0.0786 e. The molecular weight excluding hydrogens is 631 g/mol. The van der Waals surface area contributed by atoms with Crippen LogP contribution in [0.5, 0.6) is 0 Å². The Balaban J connectivity index is 1.08. The van der Waals surface area contributed by atoms with Gasteiger partial charge in [-0.15, -0.1) is 0 Å². The largest absolute Gasteiger partial charge is 0.309 e. The van der Waals surface area contributed by atoms with Crippen LogP contribution < -0.4 is 0 Å². The van der Waals surface area contributed by atoms with E-state index in [0.29, 0.717) is 0 Å². The zero-order valence-corrected chi connectivity index (χ0v) is 28.1. The molecule has 1 aliphatic carbocycles. The molecule has 1 aliphatic rings. The summed E-state index contributed by atoms with van der Waals surface area (Å²) in [6.45, 7) is 0. The number of nitrogens with zero attached hydrogens (tertiary/aromatic N) is 3. The van der Waals surface area contributed by atoms with Crippen molar-refractivity contribution < 1.29 is 0 Å². The number of pyridine rings is 1. The number of hydrogen-bond acceptors (Lipinski definition) is 1. The SMILES string of the molecule is c1ccc(-n2c3ccc(-c4ccc5c(c4)c4ccccc4n5-c4ccc5c6c(cccc46)-c4cccnc4-5)cc3c3ccc4ccccc4c32)cc1. The first kappa shape index (κ1) is 27.8. The van der Waals surface area contributed by atoms with Gasteiger partial charge in [0.2, 0.25) is 0 Å². The van der Waals surface area contributed by atoms with Crippen LogP contribution in [0.15, 0.2) is 176 Å². The zero-order chi connectivity index (χ0) is 33.9. The minimum absolute atomic E-state index is 1.07. The van der Waals surface area contributed by atoms with Crippen molar-refractivity contribution in [3.8, 4) is 44.9 Å². The van der Waals surface area contributed by atoms with Gasteiger partial charge in [0.25, 0.3) is 0 Å². The highest BCUT2D eigenvalue weighted by molar-refractivity contribution is 6.20. The van der Waals surface area contributed by atoms with Crippen LogP contribution in [-0.2, 0) is 0 Å². The topological polar surface area (TPSA) is 22.8 Å². The number of para-hydroxylation sites is 2. The van der Waals surface area contributed by atoms with E-state index in [1.165, 1.54) is 104 Å². The molecule has 3 nitrogen and oxygen atoms in total. The average Bonchev–Trinajstić information content (AvgIpc) is 3.85. The van der Waals surface area contributed by atoms with Gasteiger partial charge in [-0.2, -0.15) is 0 Å². The summed E-state index contributed by atoms with van der Waals surface area (Å²) in [6.07, 6.45) is 1.90. The first-order valence-electron chi connectivity index (χ1n) is 17.9. The molecular formula is C49H29N3. The van der Waals surface area contributed by atoms with Gasteiger partial charge >= 0.3 is 0 Å². The molecule has 0 radical (unpaired) electrons. The van der Waals surface area contributed by atoms with Gasteiger partial charge < -0.3 is 9.13 Å². The molecule has 0 unspecified atom stereocenters. The molecule has 0 N–H and O–H groups in total. The van der Waals surface area contributed by atoms with Crippen molar-refractivity contribution in [2.45, 2.75) is 0 Å². The third kappa shape index (κ3) is 3.66. The molecule has 0 aliphatic heterocycles. The fraction of sp³-hybridized carbons (Fsp3) is 0. The molecule has 0 saturated carbocycles. The van der Waals surface area contributed by atoms with Crippen molar-refractivity contribution in [3.63, 3.8) is 0 Å². The van der Waals surface area contributed by atoms with E-state index in [1.54, 1.807) is 0 Å². The number of fused-ring (bicyclic) bond motifs is 11. The van der Waals surface area contributed by atoms with E-state index in [1.807, 2.05) is 12.3 Å². The molecule has 0 amide bonds. The molecule has 240 valence electrons. The molecule has 52 heavy (non-hydrogen) atoms. The van der Waals surface area contributed by atoms with Gasteiger partial charge in [-0.1, -0.05) is 115 Å². The second kappa shape index (κ2) is 10.3. The Hall–Kier alpha value is -6.97. The van der Waals surface area contributed by atoms with Gasteiger partial charge in [-0.25, -0.2) is 0 Å². The first-order valence-corrected chi connectivity index (χ1v) is 17.9. The van der Waals surface area contributed by atoms with E-state index in [4.69, 9.17) is 4.98 Å². The zero-order valence-electron chi connectivity index (χ0n) is 28.1. The van der Waals surface area contributed by atoms with Gasteiger partial charge in [-0.3, -0.25) is 4.98 Å². The van der Waals surface area contributed by atoms with Crippen LogP contribution in [0.1, 0.15) is 0 Å². The summed E-state index contributed by atoms with van der Waals surface area (Å²) in [5, 5.41) is 10.1. The number of hydrogen-bond donors (Lipinski definition) is 0. The maximum atomic E-state index is 4.79. The summed E-state index contributed by atoms with van der Waals surface area (Å²) < 4.78 is 4.88. The van der Waals surface area contributed by atoms with E-state index in [2.05, 4.69) is 173 Å². The van der Waals surface area contributed by atoms with E-state index in [0.717, 1.165) is 5.69 Å². The third-order valence-corrected chi connectivity index (χ3v) is 11.3. The predicted octanol–water partition coefficient (Wildman–Crippen LogP) is 12.9. The summed E-state index contributed by atoms with van der Waals surface area (Å²) in [7, 11) is 0. The highest BCUT2D eigenvalue weighted by Crippen LogP contribution is 2.48. The van der Waals surface area contributed by atoms with Crippen LogP contribution in [0.4, 0.5) is 0 Å². The van der Waals surface area contributed by atoms with Crippen LogP contribution in [0.3, 0.4) is 0 Å². The standard InChI is InChI=1S/C49H29N3/c1-2-11-33(12-3-1)51-45-24-20-32(29-42(45)38-22-19-30-10-4-5-13-34(30)49(38)51)31-21-25-46-41(28-31)35-14-6-7-18-43(35)52(46)44-26-23-40-47-36(15-8-16-39(44)47)37-17-9-27-50-48(37)40/h1-29H. The lowest BCUT2D eigenvalue weighted by Gasteiger charge is -2.13. The Morgan fingerprint density at radius 2 is 1.08 bits per heavy atom. The Bertz CT molecular complexity index is 3260. The number of aromatic nitrogens is 3. The van der Waals surface area contributed by atoms with E-state index in [-0.39, 0.29) is 0 Å².